The molecule has 1 radical (unpaired) electrons. The lowest BCUT2D eigenvalue weighted by molar-refractivity contribution is 0.0558. The van der Waals surface area contributed by atoms with Crippen molar-refractivity contribution in [3.05, 3.63) is 48.4 Å². The van der Waals surface area contributed by atoms with E-state index in [4.69, 9.17) is 4.74 Å². The first-order valence-corrected chi connectivity index (χ1v) is 8.74. The second kappa shape index (κ2) is 7.85. The number of aromatic nitrogens is 1. The molecule has 0 saturated heterocycles. The molecule has 0 saturated carbocycles. The number of carbonyl (C=O) groups is 1. The standard InChI is InChI=1S/C21H26FN2O2/c1-14(2)15(3)24(20(25)26-21(4,5)6)19-13-17(10-11-23-19)16-8-7-9-18(22)12-16/h7,9-15H,1-6H3. The topological polar surface area (TPSA) is 42.4 Å². The van der Waals surface area contributed by atoms with Gasteiger partial charge in [0.2, 0.25) is 0 Å². The summed E-state index contributed by atoms with van der Waals surface area (Å²) in [5.74, 6) is 0.334. The number of hydrogen-bond acceptors (Lipinski definition) is 3. The first-order valence-electron chi connectivity index (χ1n) is 8.74. The Morgan fingerprint density at radius 2 is 1.92 bits per heavy atom. The van der Waals surface area contributed by atoms with Crippen molar-refractivity contribution in [3.8, 4) is 11.1 Å². The van der Waals surface area contributed by atoms with Crippen molar-refractivity contribution in [1.29, 1.82) is 0 Å². The van der Waals surface area contributed by atoms with Crippen LogP contribution in [0.2, 0.25) is 0 Å². The van der Waals surface area contributed by atoms with E-state index in [-0.39, 0.29) is 17.8 Å². The van der Waals surface area contributed by atoms with Crippen LogP contribution >= 0.6 is 0 Å². The van der Waals surface area contributed by atoms with Crippen LogP contribution in [0.4, 0.5) is 15.0 Å². The molecule has 1 aromatic carbocycles. The molecule has 2 aromatic rings. The summed E-state index contributed by atoms with van der Waals surface area (Å²) in [6, 6.07) is 10.7. The van der Waals surface area contributed by atoms with Gasteiger partial charge in [-0.1, -0.05) is 19.9 Å². The quantitative estimate of drug-likeness (QED) is 0.728. The smallest absolute Gasteiger partial charge is 0.416 e. The Balaban J connectivity index is 2.45. The SMILES string of the molecule is CC(C)C(C)N(C(=O)OC(C)(C)C)c1cc(-c2[c]ccc(F)c2)ccn1. The Labute approximate surface area is 155 Å². The lowest BCUT2D eigenvalue weighted by Crippen LogP contribution is -2.45. The van der Waals surface area contributed by atoms with Gasteiger partial charge in [-0.2, -0.15) is 0 Å². The highest BCUT2D eigenvalue weighted by molar-refractivity contribution is 5.88. The second-order valence-electron chi connectivity index (χ2n) is 7.66. The van der Waals surface area contributed by atoms with Gasteiger partial charge in [-0.25, -0.2) is 14.2 Å². The van der Waals surface area contributed by atoms with E-state index < -0.39 is 11.7 Å². The predicted octanol–water partition coefficient (Wildman–Crippen LogP) is 5.47. The number of nitrogens with zero attached hydrogens (tertiary/aromatic N) is 2. The van der Waals surface area contributed by atoms with Crippen LogP contribution in [0.25, 0.3) is 11.1 Å². The molecule has 0 bridgehead atoms. The Hall–Kier alpha value is -2.43. The zero-order valence-corrected chi connectivity index (χ0v) is 16.2. The van der Waals surface area contributed by atoms with Crippen LogP contribution in [-0.2, 0) is 4.74 Å². The minimum atomic E-state index is -0.611. The maximum Gasteiger partial charge on any atom is 0.416 e. The largest absolute Gasteiger partial charge is 0.443 e. The average molecular weight is 357 g/mol. The van der Waals surface area contributed by atoms with Gasteiger partial charge in [-0.15, -0.1) is 0 Å². The van der Waals surface area contributed by atoms with Crippen molar-refractivity contribution in [3.63, 3.8) is 0 Å². The summed E-state index contributed by atoms with van der Waals surface area (Å²) >= 11 is 0. The van der Waals surface area contributed by atoms with Crippen LogP contribution in [0.15, 0.2) is 36.5 Å². The van der Waals surface area contributed by atoms with E-state index in [0.29, 0.717) is 11.4 Å². The molecule has 26 heavy (non-hydrogen) atoms. The van der Waals surface area contributed by atoms with E-state index in [1.807, 2.05) is 41.5 Å². The molecule has 1 heterocycles. The number of benzene rings is 1. The first kappa shape index (κ1) is 19.9. The summed E-state index contributed by atoms with van der Waals surface area (Å²) in [4.78, 5) is 18.7. The van der Waals surface area contributed by atoms with Gasteiger partial charge in [0.1, 0.15) is 17.2 Å². The molecule has 1 unspecified atom stereocenters. The third-order valence-electron chi connectivity index (χ3n) is 4.03. The summed E-state index contributed by atoms with van der Waals surface area (Å²) in [6.07, 6.45) is 1.15. The lowest BCUT2D eigenvalue weighted by Gasteiger charge is -2.33. The molecule has 0 N–H and O–H groups in total. The molecule has 139 valence electrons. The van der Waals surface area contributed by atoms with Gasteiger partial charge in [0, 0.05) is 12.2 Å². The van der Waals surface area contributed by atoms with E-state index in [2.05, 4.69) is 11.1 Å². The molecule has 0 aliphatic carbocycles. The molecule has 0 fully saturated rings. The zero-order chi connectivity index (χ0) is 19.5. The van der Waals surface area contributed by atoms with Crippen LogP contribution in [0, 0.1) is 17.8 Å². The third-order valence-corrected chi connectivity index (χ3v) is 4.03. The summed E-state index contributed by atoms with van der Waals surface area (Å²) < 4.78 is 19.1. The summed E-state index contributed by atoms with van der Waals surface area (Å²) in [6.45, 7) is 11.5. The molecule has 1 aromatic heterocycles. The van der Waals surface area contributed by atoms with Crippen molar-refractivity contribution in [2.45, 2.75) is 53.2 Å². The van der Waals surface area contributed by atoms with Crippen molar-refractivity contribution in [1.82, 2.24) is 4.98 Å². The average Bonchev–Trinajstić information content (AvgIpc) is 2.53. The zero-order valence-electron chi connectivity index (χ0n) is 16.2. The number of rotatable bonds is 4. The van der Waals surface area contributed by atoms with Crippen LogP contribution in [0.3, 0.4) is 0 Å². The molecular formula is C21H26FN2O2. The van der Waals surface area contributed by atoms with Gasteiger partial charge >= 0.3 is 6.09 Å². The number of pyridine rings is 1. The van der Waals surface area contributed by atoms with E-state index in [1.54, 1.807) is 23.2 Å². The highest BCUT2D eigenvalue weighted by Gasteiger charge is 2.30. The Morgan fingerprint density at radius 3 is 2.50 bits per heavy atom. The van der Waals surface area contributed by atoms with Gasteiger partial charge in [0.15, 0.2) is 0 Å². The number of anilines is 1. The monoisotopic (exact) mass is 357 g/mol. The van der Waals surface area contributed by atoms with Crippen molar-refractivity contribution >= 4 is 11.9 Å². The van der Waals surface area contributed by atoms with Crippen LogP contribution in [0.5, 0.6) is 0 Å². The summed E-state index contributed by atoms with van der Waals surface area (Å²) in [5.41, 5.74) is 0.731. The second-order valence-corrected chi connectivity index (χ2v) is 7.66. The summed E-state index contributed by atoms with van der Waals surface area (Å²) in [7, 11) is 0. The maximum absolute atomic E-state index is 13.5. The number of carbonyl (C=O) groups excluding carboxylic acids is 1. The number of amides is 1. The van der Waals surface area contributed by atoms with Gasteiger partial charge in [-0.05, 0) is 75.1 Å². The molecule has 1 amide bonds. The highest BCUT2D eigenvalue weighted by atomic mass is 19.1. The minimum absolute atomic E-state index is 0.121. The van der Waals surface area contributed by atoms with Gasteiger partial charge in [0.25, 0.3) is 0 Å². The minimum Gasteiger partial charge on any atom is -0.443 e. The van der Waals surface area contributed by atoms with Crippen molar-refractivity contribution in [2.75, 3.05) is 4.90 Å². The summed E-state index contributed by atoms with van der Waals surface area (Å²) in [5, 5.41) is 0. The van der Waals surface area contributed by atoms with Gasteiger partial charge < -0.3 is 4.74 Å². The van der Waals surface area contributed by atoms with E-state index in [1.165, 1.54) is 18.2 Å². The van der Waals surface area contributed by atoms with Crippen molar-refractivity contribution in [2.24, 2.45) is 5.92 Å². The molecule has 0 spiro atoms. The fourth-order valence-corrected chi connectivity index (χ4v) is 2.40. The molecule has 0 aliphatic heterocycles. The molecular weight excluding hydrogens is 331 g/mol. The van der Waals surface area contributed by atoms with E-state index in [0.717, 1.165) is 5.56 Å². The number of hydrogen-bond donors (Lipinski definition) is 0. The highest BCUT2D eigenvalue weighted by Crippen LogP contribution is 2.27. The Kier molecular flexibility index (Phi) is 6.01. The lowest BCUT2D eigenvalue weighted by atomic mass is 10.0. The predicted molar refractivity (Wildman–Crippen MR) is 101 cm³/mol. The van der Waals surface area contributed by atoms with Crippen LogP contribution < -0.4 is 4.90 Å². The first-order chi connectivity index (χ1) is 12.1. The fourth-order valence-electron chi connectivity index (χ4n) is 2.40. The maximum atomic E-state index is 13.5. The number of halogens is 1. The van der Waals surface area contributed by atoms with Crippen molar-refractivity contribution < 1.29 is 13.9 Å². The number of ether oxygens (including phenoxy) is 1. The molecule has 1 atom stereocenters. The molecule has 4 nitrogen and oxygen atoms in total. The Bertz CT molecular complexity index is 769. The van der Waals surface area contributed by atoms with Crippen LogP contribution in [0.1, 0.15) is 41.5 Å². The molecule has 0 aliphatic rings. The van der Waals surface area contributed by atoms with E-state index in [9.17, 15) is 9.18 Å². The molecule has 2 rings (SSSR count). The molecule has 5 heteroatoms. The van der Waals surface area contributed by atoms with Crippen LogP contribution in [-0.4, -0.2) is 22.7 Å². The third kappa shape index (κ3) is 5.04. The Morgan fingerprint density at radius 1 is 1.23 bits per heavy atom. The van der Waals surface area contributed by atoms with Gasteiger partial charge in [0.05, 0.1) is 0 Å². The normalized spacial score (nSPS) is 12.8. The van der Waals surface area contributed by atoms with E-state index >= 15 is 0 Å². The van der Waals surface area contributed by atoms with Gasteiger partial charge in [-0.3, -0.25) is 4.90 Å². The fraction of sp³-hybridized carbons (Fsp3) is 0.429.